The Morgan fingerprint density at radius 3 is 2.76 bits per heavy atom. The van der Waals surface area contributed by atoms with Crippen molar-refractivity contribution < 1.29 is 0 Å². The van der Waals surface area contributed by atoms with Crippen molar-refractivity contribution in [3.05, 3.63) is 35.2 Å². The van der Waals surface area contributed by atoms with E-state index < -0.39 is 0 Å². The average Bonchev–Trinajstić information content (AvgIpc) is 2.78. The highest BCUT2D eigenvalue weighted by atomic mass is 32.1. The molecule has 2 rings (SSSR count). The Morgan fingerprint density at radius 2 is 2.12 bits per heavy atom. The van der Waals surface area contributed by atoms with Crippen LogP contribution in [-0.2, 0) is 0 Å². The predicted molar refractivity (Wildman–Crippen MR) is 76.0 cm³/mol. The van der Waals surface area contributed by atoms with Gasteiger partial charge in [0.1, 0.15) is 0 Å². The van der Waals surface area contributed by atoms with Crippen LogP contribution in [0.4, 0.5) is 0 Å². The molecular weight excluding hydrogens is 228 g/mol. The highest BCUT2D eigenvalue weighted by molar-refractivity contribution is 7.17. The third-order valence-electron chi connectivity index (χ3n) is 3.68. The van der Waals surface area contributed by atoms with Gasteiger partial charge in [0.15, 0.2) is 0 Å². The molecule has 2 nitrogen and oxygen atoms in total. The zero-order chi connectivity index (χ0) is 12.5. The minimum Gasteiger partial charge on any atom is -0.271 e. The summed E-state index contributed by atoms with van der Waals surface area (Å²) in [5.41, 5.74) is 4.46. The first-order valence-electron chi connectivity index (χ1n) is 6.02. The molecule has 1 heterocycles. The molecule has 0 spiro atoms. The summed E-state index contributed by atoms with van der Waals surface area (Å²) in [4.78, 5) is 0. The van der Waals surface area contributed by atoms with Crippen molar-refractivity contribution in [2.24, 2.45) is 11.3 Å². The first-order chi connectivity index (χ1) is 8.10. The molecule has 17 heavy (non-hydrogen) atoms. The first-order valence-corrected chi connectivity index (χ1v) is 6.90. The van der Waals surface area contributed by atoms with E-state index >= 15 is 0 Å². The van der Waals surface area contributed by atoms with Gasteiger partial charge in [-0.05, 0) is 34.2 Å². The normalized spacial score (nSPS) is 14.1. The highest BCUT2D eigenvalue weighted by Gasteiger charge is 2.29. The number of fused-ring (bicyclic) bond motifs is 1. The van der Waals surface area contributed by atoms with Crippen LogP contribution in [0.1, 0.15) is 38.8 Å². The lowest BCUT2D eigenvalue weighted by molar-refractivity contribution is 0.237. The Hall–Kier alpha value is -0.900. The van der Waals surface area contributed by atoms with Crippen molar-refractivity contribution in [1.82, 2.24) is 5.43 Å². The molecular formula is C14H20N2S. The lowest BCUT2D eigenvalue weighted by Crippen LogP contribution is -2.38. The highest BCUT2D eigenvalue weighted by Crippen LogP contribution is 2.39. The third kappa shape index (κ3) is 2.23. The lowest BCUT2D eigenvalue weighted by Gasteiger charge is -2.33. The van der Waals surface area contributed by atoms with E-state index in [-0.39, 0.29) is 11.5 Å². The van der Waals surface area contributed by atoms with E-state index in [4.69, 9.17) is 5.84 Å². The van der Waals surface area contributed by atoms with Crippen LogP contribution < -0.4 is 11.3 Å². The molecule has 3 N–H and O–H groups in total. The minimum absolute atomic E-state index is 0.146. The second-order valence-corrected chi connectivity index (χ2v) is 6.04. The maximum absolute atomic E-state index is 5.78. The van der Waals surface area contributed by atoms with Crippen LogP contribution in [0.15, 0.2) is 29.6 Å². The van der Waals surface area contributed by atoms with Crippen molar-refractivity contribution in [2.45, 2.75) is 33.2 Å². The Morgan fingerprint density at radius 1 is 1.35 bits per heavy atom. The summed E-state index contributed by atoms with van der Waals surface area (Å²) >= 11 is 1.79. The van der Waals surface area contributed by atoms with Gasteiger partial charge in [-0.1, -0.05) is 39.0 Å². The maximum atomic E-state index is 5.78. The molecule has 0 radical (unpaired) electrons. The van der Waals surface area contributed by atoms with Gasteiger partial charge < -0.3 is 0 Å². The molecule has 0 bridgehead atoms. The Labute approximate surface area is 107 Å². The molecule has 0 aliphatic carbocycles. The number of benzene rings is 1. The van der Waals surface area contributed by atoms with Gasteiger partial charge >= 0.3 is 0 Å². The van der Waals surface area contributed by atoms with E-state index in [1.54, 1.807) is 11.3 Å². The number of hydrogen-bond acceptors (Lipinski definition) is 3. The van der Waals surface area contributed by atoms with E-state index in [1.807, 2.05) is 0 Å². The Kier molecular flexibility index (Phi) is 3.52. The van der Waals surface area contributed by atoms with Crippen LogP contribution in [0.25, 0.3) is 10.1 Å². The molecule has 1 aromatic carbocycles. The fraction of sp³-hybridized carbons (Fsp3) is 0.429. The Balaban J connectivity index is 2.54. The topological polar surface area (TPSA) is 38.0 Å². The maximum Gasteiger partial charge on any atom is 0.0525 e. The van der Waals surface area contributed by atoms with E-state index in [0.717, 1.165) is 6.42 Å². The molecule has 1 aromatic heterocycles. The number of nitrogens with one attached hydrogen (secondary N) is 1. The number of hydrazine groups is 1. The molecule has 0 fully saturated rings. The third-order valence-corrected chi connectivity index (χ3v) is 4.66. The van der Waals surface area contributed by atoms with Gasteiger partial charge in [0.25, 0.3) is 0 Å². The molecule has 3 heteroatoms. The van der Waals surface area contributed by atoms with Crippen LogP contribution in [0.2, 0.25) is 0 Å². The van der Waals surface area contributed by atoms with Gasteiger partial charge in [0, 0.05) is 4.70 Å². The number of rotatable bonds is 4. The molecule has 1 unspecified atom stereocenters. The van der Waals surface area contributed by atoms with Crippen LogP contribution in [0.3, 0.4) is 0 Å². The van der Waals surface area contributed by atoms with Crippen LogP contribution in [0.5, 0.6) is 0 Å². The van der Waals surface area contributed by atoms with Gasteiger partial charge in [-0.15, -0.1) is 11.3 Å². The number of hydrogen-bond donors (Lipinski definition) is 2. The summed E-state index contributed by atoms with van der Waals surface area (Å²) in [6.07, 6.45) is 1.09. The van der Waals surface area contributed by atoms with Crippen molar-refractivity contribution in [1.29, 1.82) is 0 Å². The molecule has 0 saturated heterocycles. The van der Waals surface area contributed by atoms with Gasteiger partial charge in [-0.3, -0.25) is 11.3 Å². The quantitative estimate of drug-likeness (QED) is 0.637. The first kappa shape index (κ1) is 12.6. The second kappa shape index (κ2) is 4.77. The predicted octanol–water partition coefficient (Wildman–Crippen LogP) is 3.84. The summed E-state index contributed by atoms with van der Waals surface area (Å²) in [5.74, 6) is 5.78. The fourth-order valence-corrected chi connectivity index (χ4v) is 3.13. The summed E-state index contributed by atoms with van der Waals surface area (Å²) in [5, 5.41) is 3.44. The van der Waals surface area contributed by atoms with Crippen LogP contribution in [0, 0.1) is 5.41 Å². The van der Waals surface area contributed by atoms with E-state index in [9.17, 15) is 0 Å². The van der Waals surface area contributed by atoms with Gasteiger partial charge in [0.05, 0.1) is 6.04 Å². The van der Waals surface area contributed by atoms with Crippen molar-refractivity contribution >= 4 is 21.4 Å². The zero-order valence-corrected chi connectivity index (χ0v) is 11.5. The van der Waals surface area contributed by atoms with E-state index in [0.29, 0.717) is 0 Å². The molecule has 0 amide bonds. The van der Waals surface area contributed by atoms with Crippen molar-refractivity contribution in [2.75, 3.05) is 0 Å². The fourth-order valence-electron chi connectivity index (χ4n) is 2.18. The number of thiophene rings is 1. The van der Waals surface area contributed by atoms with Gasteiger partial charge in [-0.25, -0.2) is 0 Å². The largest absolute Gasteiger partial charge is 0.271 e. The average molecular weight is 248 g/mol. The van der Waals surface area contributed by atoms with Crippen LogP contribution in [-0.4, -0.2) is 0 Å². The minimum atomic E-state index is 0.146. The molecule has 0 aliphatic rings. The monoisotopic (exact) mass is 248 g/mol. The van der Waals surface area contributed by atoms with Crippen molar-refractivity contribution in [3.8, 4) is 0 Å². The lowest BCUT2D eigenvalue weighted by atomic mass is 9.78. The molecule has 92 valence electrons. The molecule has 0 aliphatic heterocycles. The molecule has 2 aromatic rings. The SMILES string of the molecule is CCC(C)(C)C(NN)c1cccc2ccsc12. The summed E-state index contributed by atoms with van der Waals surface area (Å²) in [6.45, 7) is 6.72. The summed E-state index contributed by atoms with van der Waals surface area (Å²) < 4.78 is 1.34. The second-order valence-electron chi connectivity index (χ2n) is 5.13. The van der Waals surface area contributed by atoms with E-state index in [1.165, 1.54) is 15.6 Å². The Bertz CT molecular complexity index is 502. The zero-order valence-electron chi connectivity index (χ0n) is 10.7. The van der Waals surface area contributed by atoms with Crippen molar-refractivity contribution in [3.63, 3.8) is 0 Å². The van der Waals surface area contributed by atoms with Gasteiger partial charge in [-0.2, -0.15) is 0 Å². The van der Waals surface area contributed by atoms with Crippen LogP contribution >= 0.6 is 11.3 Å². The van der Waals surface area contributed by atoms with E-state index in [2.05, 4.69) is 55.8 Å². The van der Waals surface area contributed by atoms with Gasteiger partial charge in [0.2, 0.25) is 0 Å². The summed E-state index contributed by atoms with van der Waals surface area (Å²) in [6, 6.07) is 8.80. The molecule has 0 saturated carbocycles. The standard InChI is InChI=1S/C14H20N2S/c1-4-14(2,3)13(16-15)11-7-5-6-10-8-9-17-12(10)11/h5-9,13,16H,4,15H2,1-3H3. The molecule has 1 atom stereocenters. The smallest absolute Gasteiger partial charge is 0.0525 e. The number of nitrogens with two attached hydrogens (primary N) is 1. The summed E-state index contributed by atoms with van der Waals surface area (Å²) in [7, 11) is 0.